The summed E-state index contributed by atoms with van der Waals surface area (Å²) in [5.74, 6) is 0. The summed E-state index contributed by atoms with van der Waals surface area (Å²) in [7, 11) is 3.00. The van der Waals surface area contributed by atoms with E-state index in [9.17, 15) is 0 Å². The van der Waals surface area contributed by atoms with Crippen LogP contribution < -0.4 is 0 Å². The van der Waals surface area contributed by atoms with E-state index in [0.29, 0.717) is 0 Å². The molecular weight excluding hydrogens is 228 g/mol. The van der Waals surface area contributed by atoms with Crippen molar-refractivity contribution in [2.75, 3.05) is 21.3 Å². The molecule has 0 saturated carbocycles. The van der Waals surface area contributed by atoms with Crippen molar-refractivity contribution in [1.29, 1.82) is 0 Å². The van der Waals surface area contributed by atoms with Crippen LogP contribution in [0.4, 0.5) is 0 Å². The predicted octanol–water partition coefficient (Wildman–Crippen LogP) is 0.915. The average Bonchev–Trinajstić information content (AvgIpc) is 2.41. The summed E-state index contributed by atoms with van der Waals surface area (Å²) in [5, 5.41) is 21.0. The molecule has 0 aliphatic carbocycles. The van der Waals surface area contributed by atoms with Gasteiger partial charge in [-0.25, -0.2) is 0 Å². The molecule has 0 fully saturated rings. The van der Waals surface area contributed by atoms with Gasteiger partial charge in [0.05, 0.1) is 0 Å². The molecule has 0 unspecified atom stereocenters. The van der Waals surface area contributed by atoms with Gasteiger partial charge in [-0.1, -0.05) is 0 Å². The molecule has 0 radical (unpaired) electrons. The molecule has 1 rings (SSSR count). The van der Waals surface area contributed by atoms with Crippen molar-refractivity contribution in [3.63, 3.8) is 0 Å². The molecule has 0 atom stereocenters. The summed E-state index contributed by atoms with van der Waals surface area (Å²) in [4.78, 5) is 0. The summed E-state index contributed by atoms with van der Waals surface area (Å²) in [6.07, 6.45) is 0. The van der Waals surface area contributed by atoms with Gasteiger partial charge in [0.25, 0.3) is 0 Å². The molecule has 0 bridgehead atoms. The minimum Gasteiger partial charge on any atom is -0.521 e. The van der Waals surface area contributed by atoms with E-state index in [-0.39, 0.29) is 21.7 Å². The van der Waals surface area contributed by atoms with Crippen molar-refractivity contribution in [2.45, 2.75) is 0 Å². The van der Waals surface area contributed by atoms with Gasteiger partial charge in [0.2, 0.25) is 0 Å². The molecule has 86 valence electrons. The fourth-order valence-corrected chi connectivity index (χ4v) is 0.342. The molecule has 0 aliphatic rings. The van der Waals surface area contributed by atoms with Gasteiger partial charge in [-0.3, -0.25) is 6.58 Å². The molecule has 1 aromatic carbocycles. The Labute approximate surface area is 108 Å². The Morgan fingerprint density at radius 3 is 1.13 bits per heavy atom. The molecule has 0 aromatic heterocycles. The van der Waals surface area contributed by atoms with Crippen LogP contribution in [0.5, 0.6) is 0 Å². The van der Waals surface area contributed by atoms with E-state index in [1.807, 2.05) is 30.3 Å². The van der Waals surface area contributed by atoms with Crippen LogP contribution in [0.25, 0.3) is 0 Å². The first-order valence-electron chi connectivity index (χ1n) is 3.66. The van der Waals surface area contributed by atoms with Crippen molar-refractivity contribution in [1.82, 2.24) is 0 Å². The zero-order valence-electron chi connectivity index (χ0n) is 9.51. The van der Waals surface area contributed by atoms with Crippen LogP contribution >= 0.6 is 0 Å². The maximum Gasteiger partial charge on any atom is 2.00 e. The van der Waals surface area contributed by atoms with Gasteiger partial charge in [-0.2, -0.15) is 36.4 Å². The van der Waals surface area contributed by atoms with Gasteiger partial charge in [0.15, 0.2) is 0 Å². The maximum absolute atomic E-state index is 7.00. The Balaban J connectivity index is -0.0000000325. The van der Waals surface area contributed by atoms with Crippen LogP contribution in [0.1, 0.15) is 0 Å². The number of rotatable bonds is 0. The topological polar surface area (TPSA) is 60.7 Å². The van der Waals surface area contributed by atoms with Crippen molar-refractivity contribution in [2.24, 2.45) is 0 Å². The maximum atomic E-state index is 7.00. The van der Waals surface area contributed by atoms with E-state index in [1.165, 1.54) is 0 Å². The first-order valence-corrected chi connectivity index (χ1v) is 3.66. The van der Waals surface area contributed by atoms with E-state index in [1.54, 1.807) is 0 Å². The van der Waals surface area contributed by atoms with E-state index in [0.717, 1.165) is 21.3 Å². The number of benzene rings is 1. The van der Waals surface area contributed by atoms with E-state index < -0.39 is 0 Å². The van der Waals surface area contributed by atoms with Crippen molar-refractivity contribution in [3.05, 3.63) is 49.6 Å². The van der Waals surface area contributed by atoms with E-state index >= 15 is 0 Å². The van der Waals surface area contributed by atoms with E-state index in [4.69, 9.17) is 15.3 Å². The summed E-state index contributed by atoms with van der Waals surface area (Å²) in [6, 6.07) is 12.5. The molecular formula is C11H20O3Ti. The Kier molecular flexibility index (Phi) is 135. The van der Waals surface area contributed by atoms with Gasteiger partial charge in [0.1, 0.15) is 0 Å². The van der Waals surface area contributed by atoms with Crippen LogP contribution in [0.2, 0.25) is 0 Å². The molecule has 4 heteroatoms. The van der Waals surface area contributed by atoms with Crippen molar-refractivity contribution < 1.29 is 37.0 Å². The first-order chi connectivity index (χ1) is 7.00. The SMILES string of the molecule is CO.CO.CO.[CH-]=C.[Ti+2].[c-]1ccccc1. The molecule has 0 heterocycles. The Bertz CT molecular complexity index is 98.7. The standard InChI is InChI=1S/C6H5.C2H3.3CH4O.Ti/c1-2-4-6-5-3-1;4*1-2;/h1-5H;1H,2H2;3*2H,1H3;/q2*-1;;;;+2. The largest absolute Gasteiger partial charge is 2.00 e. The second-order valence-electron chi connectivity index (χ2n) is 1.08. The minimum atomic E-state index is 0. The third-order valence-electron chi connectivity index (χ3n) is 0.607. The predicted molar refractivity (Wildman–Crippen MR) is 59.6 cm³/mol. The van der Waals surface area contributed by atoms with E-state index in [2.05, 4.69) is 19.2 Å². The van der Waals surface area contributed by atoms with Gasteiger partial charge >= 0.3 is 21.7 Å². The zero-order valence-corrected chi connectivity index (χ0v) is 11.1. The minimum absolute atomic E-state index is 0. The monoisotopic (exact) mass is 248 g/mol. The van der Waals surface area contributed by atoms with Crippen molar-refractivity contribution >= 4 is 0 Å². The van der Waals surface area contributed by atoms with Crippen LogP contribution in [-0.4, -0.2) is 36.6 Å². The Hall–Kier alpha value is -0.446. The fourth-order valence-electron chi connectivity index (χ4n) is 0.342. The molecule has 3 nitrogen and oxygen atoms in total. The zero-order chi connectivity index (χ0) is 12.2. The van der Waals surface area contributed by atoms with Crippen molar-refractivity contribution in [3.8, 4) is 0 Å². The first kappa shape index (κ1) is 29.3. The summed E-state index contributed by atoms with van der Waals surface area (Å²) in [5.41, 5.74) is 0. The van der Waals surface area contributed by atoms with Gasteiger partial charge in [-0.05, 0) is 0 Å². The molecule has 1 aromatic rings. The summed E-state index contributed by atoms with van der Waals surface area (Å²) >= 11 is 0. The molecule has 0 amide bonds. The van der Waals surface area contributed by atoms with Gasteiger partial charge in [-0.15, -0.1) is 0 Å². The number of hydrogen-bond acceptors (Lipinski definition) is 3. The second kappa shape index (κ2) is 69.2. The van der Waals surface area contributed by atoms with Gasteiger partial charge < -0.3 is 21.9 Å². The number of aliphatic hydroxyl groups excluding tert-OH is 3. The molecule has 0 saturated heterocycles. The van der Waals surface area contributed by atoms with Crippen LogP contribution in [0.3, 0.4) is 0 Å². The van der Waals surface area contributed by atoms with Crippen LogP contribution in [-0.2, 0) is 21.7 Å². The molecule has 0 spiro atoms. The van der Waals surface area contributed by atoms with Gasteiger partial charge in [0, 0.05) is 21.3 Å². The quantitative estimate of drug-likeness (QED) is 0.472. The van der Waals surface area contributed by atoms with Crippen LogP contribution in [0.15, 0.2) is 36.9 Å². The third kappa shape index (κ3) is 58.7. The number of hydrogen-bond donors (Lipinski definition) is 3. The molecule has 0 aliphatic heterocycles. The molecule has 3 N–H and O–H groups in total. The third-order valence-corrected chi connectivity index (χ3v) is 0.607. The average molecular weight is 248 g/mol. The Morgan fingerprint density at radius 1 is 0.800 bits per heavy atom. The normalized spacial score (nSPS) is 4.67. The smallest absolute Gasteiger partial charge is 0.521 e. The number of aliphatic hydroxyl groups is 3. The Morgan fingerprint density at radius 2 is 1.07 bits per heavy atom. The fraction of sp³-hybridized carbons (Fsp3) is 0.273. The summed E-state index contributed by atoms with van der Waals surface area (Å²) < 4.78 is 0. The molecule has 15 heavy (non-hydrogen) atoms. The summed E-state index contributed by atoms with van der Waals surface area (Å²) in [6.45, 7) is 7.00. The second-order valence-corrected chi connectivity index (χ2v) is 1.08. The van der Waals surface area contributed by atoms with Crippen LogP contribution in [0, 0.1) is 12.6 Å².